The summed E-state index contributed by atoms with van der Waals surface area (Å²) in [7, 11) is 0. The van der Waals surface area contributed by atoms with Crippen molar-refractivity contribution in [1.29, 1.82) is 0 Å². The SMILES string of the molecule is O=C(O)CN1CCN(CC(=O)O)CCN(C(=O)CN(CC(=O)O)CC(=O)O)CCN(CC(=O)O)CC1. The lowest BCUT2D eigenvalue weighted by molar-refractivity contribution is -0.144. The van der Waals surface area contributed by atoms with Crippen LogP contribution in [0, 0.1) is 0 Å². The average molecular weight is 520 g/mol. The van der Waals surface area contributed by atoms with Gasteiger partial charge < -0.3 is 30.4 Å². The van der Waals surface area contributed by atoms with E-state index in [1.807, 2.05) is 0 Å². The molecule has 1 saturated heterocycles. The lowest BCUT2D eigenvalue weighted by Gasteiger charge is -2.33. The third-order valence-corrected chi connectivity index (χ3v) is 5.34. The van der Waals surface area contributed by atoms with Gasteiger partial charge in [0.1, 0.15) is 0 Å². The number of carbonyl (C=O) groups excluding carboxylic acids is 1. The summed E-state index contributed by atoms with van der Waals surface area (Å²) in [5.74, 6) is -6.54. The van der Waals surface area contributed by atoms with E-state index in [4.69, 9.17) is 10.2 Å². The summed E-state index contributed by atoms with van der Waals surface area (Å²) in [4.78, 5) is 75.8. The Bertz CT molecular complexity index is 761. The van der Waals surface area contributed by atoms with Crippen molar-refractivity contribution >= 4 is 35.8 Å². The Morgan fingerprint density at radius 3 is 1.06 bits per heavy atom. The van der Waals surface area contributed by atoms with E-state index >= 15 is 0 Å². The molecule has 0 bridgehead atoms. The van der Waals surface area contributed by atoms with Gasteiger partial charge in [0.15, 0.2) is 0 Å². The zero-order chi connectivity index (χ0) is 27.3. The van der Waals surface area contributed by atoms with Crippen molar-refractivity contribution < 1.29 is 54.3 Å². The fraction of sp³-hybridized carbons (Fsp3) is 0.700. The van der Waals surface area contributed by atoms with Gasteiger partial charge in [-0.2, -0.15) is 0 Å². The van der Waals surface area contributed by atoms with Crippen LogP contribution in [-0.2, 0) is 28.8 Å². The van der Waals surface area contributed by atoms with Crippen LogP contribution in [0.3, 0.4) is 0 Å². The lowest BCUT2D eigenvalue weighted by atomic mass is 10.3. The first kappa shape index (κ1) is 30.7. The summed E-state index contributed by atoms with van der Waals surface area (Å²) in [5, 5.41) is 45.7. The molecule has 204 valence electrons. The Balaban J connectivity index is 3.09. The lowest BCUT2D eigenvalue weighted by Crippen LogP contribution is -2.51. The summed E-state index contributed by atoms with van der Waals surface area (Å²) < 4.78 is 0. The van der Waals surface area contributed by atoms with Gasteiger partial charge in [0.25, 0.3) is 0 Å². The number of aliphatic carboxylic acids is 5. The third kappa shape index (κ3) is 13.5. The zero-order valence-electron chi connectivity index (χ0n) is 19.8. The highest BCUT2D eigenvalue weighted by Gasteiger charge is 2.24. The first-order chi connectivity index (χ1) is 16.8. The predicted molar refractivity (Wildman–Crippen MR) is 121 cm³/mol. The Hall–Kier alpha value is -3.34. The molecule has 1 heterocycles. The summed E-state index contributed by atoms with van der Waals surface area (Å²) in [6.45, 7) is -1.96. The van der Waals surface area contributed by atoms with E-state index < -0.39 is 55.4 Å². The molecule has 0 unspecified atom stereocenters. The third-order valence-electron chi connectivity index (χ3n) is 5.34. The molecule has 1 fully saturated rings. The number of nitrogens with zero attached hydrogens (tertiary/aromatic N) is 5. The maximum absolute atomic E-state index is 13.0. The Morgan fingerprint density at radius 2 is 0.778 bits per heavy atom. The van der Waals surface area contributed by atoms with Crippen LogP contribution in [0.15, 0.2) is 0 Å². The van der Waals surface area contributed by atoms with Crippen LogP contribution in [0.5, 0.6) is 0 Å². The molecule has 0 aromatic rings. The van der Waals surface area contributed by atoms with Crippen LogP contribution in [0.4, 0.5) is 0 Å². The normalized spacial score (nSPS) is 17.2. The first-order valence-corrected chi connectivity index (χ1v) is 11.1. The maximum Gasteiger partial charge on any atom is 0.317 e. The number of hydrogen-bond acceptors (Lipinski definition) is 10. The molecule has 36 heavy (non-hydrogen) atoms. The minimum Gasteiger partial charge on any atom is -0.480 e. The topological polar surface area (TPSA) is 220 Å². The quantitative estimate of drug-likeness (QED) is 0.168. The standard InChI is InChI=1S/C20H33N5O11/c26-15(9-24(13-19(33)34)14-20(35)36)25-7-5-22(11-17(29)30)3-1-21(10-16(27)28)2-4-23(6-8-25)12-18(31)32/h1-14H2,(H,27,28)(H,29,30)(H,31,32)(H,33,34)(H,35,36). The van der Waals surface area contributed by atoms with Gasteiger partial charge in [0.05, 0.1) is 39.3 Å². The molecular formula is C20H33N5O11. The van der Waals surface area contributed by atoms with Gasteiger partial charge in [0, 0.05) is 52.4 Å². The molecule has 0 radical (unpaired) electrons. The Labute approximate surface area is 206 Å². The largest absolute Gasteiger partial charge is 0.480 e. The number of amides is 1. The smallest absolute Gasteiger partial charge is 0.317 e. The molecular weight excluding hydrogens is 486 g/mol. The Kier molecular flexibility index (Phi) is 13.3. The zero-order valence-corrected chi connectivity index (χ0v) is 19.8. The summed E-state index contributed by atoms with van der Waals surface area (Å²) in [6, 6.07) is 0. The van der Waals surface area contributed by atoms with Crippen molar-refractivity contribution in [2.75, 3.05) is 91.6 Å². The predicted octanol–water partition coefficient (Wildman–Crippen LogP) is -3.54. The van der Waals surface area contributed by atoms with Gasteiger partial charge in [-0.25, -0.2) is 0 Å². The molecule has 1 rings (SSSR count). The van der Waals surface area contributed by atoms with Gasteiger partial charge in [-0.15, -0.1) is 0 Å². The molecule has 0 aliphatic carbocycles. The molecule has 16 heteroatoms. The van der Waals surface area contributed by atoms with E-state index in [2.05, 4.69) is 0 Å². The molecule has 0 aromatic heterocycles. The fourth-order valence-corrected chi connectivity index (χ4v) is 3.68. The minimum atomic E-state index is -1.32. The summed E-state index contributed by atoms with van der Waals surface area (Å²) >= 11 is 0. The van der Waals surface area contributed by atoms with Crippen LogP contribution in [-0.4, -0.2) is 177 Å². The minimum absolute atomic E-state index is 0.0138. The number of rotatable bonds is 12. The number of carboxylic acid groups (broad SMARTS) is 5. The van der Waals surface area contributed by atoms with Crippen molar-refractivity contribution in [2.45, 2.75) is 0 Å². The van der Waals surface area contributed by atoms with Crippen molar-refractivity contribution in [3.8, 4) is 0 Å². The van der Waals surface area contributed by atoms with Crippen molar-refractivity contribution in [3.63, 3.8) is 0 Å². The van der Waals surface area contributed by atoms with Gasteiger partial charge in [-0.05, 0) is 0 Å². The fourth-order valence-electron chi connectivity index (χ4n) is 3.68. The monoisotopic (exact) mass is 519 g/mol. The Morgan fingerprint density at radius 1 is 0.472 bits per heavy atom. The molecule has 0 aromatic carbocycles. The van der Waals surface area contributed by atoms with Crippen LogP contribution in [0.2, 0.25) is 0 Å². The van der Waals surface area contributed by atoms with Gasteiger partial charge in [-0.3, -0.25) is 48.4 Å². The molecule has 0 spiro atoms. The molecule has 0 atom stereocenters. The van der Waals surface area contributed by atoms with Gasteiger partial charge in [-0.1, -0.05) is 0 Å². The summed E-state index contributed by atoms with van der Waals surface area (Å²) in [6.07, 6.45) is 0. The van der Waals surface area contributed by atoms with Crippen molar-refractivity contribution in [3.05, 3.63) is 0 Å². The first-order valence-electron chi connectivity index (χ1n) is 11.1. The van der Waals surface area contributed by atoms with E-state index in [-0.39, 0.29) is 72.0 Å². The molecule has 5 N–H and O–H groups in total. The summed E-state index contributed by atoms with van der Waals surface area (Å²) in [5.41, 5.74) is 0. The number of carbonyl (C=O) groups is 6. The van der Waals surface area contributed by atoms with E-state index in [1.54, 1.807) is 4.90 Å². The molecule has 1 amide bonds. The number of hydrogen-bond donors (Lipinski definition) is 5. The second-order valence-electron chi connectivity index (χ2n) is 8.32. The van der Waals surface area contributed by atoms with E-state index in [1.165, 1.54) is 14.7 Å². The van der Waals surface area contributed by atoms with Gasteiger partial charge in [0.2, 0.25) is 5.91 Å². The van der Waals surface area contributed by atoms with Crippen LogP contribution < -0.4 is 0 Å². The second kappa shape index (κ2) is 15.6. The molecule has 0 saturated carbocycles. The average Bonchev–Trinajstić information content (AvgIpc) is 2.71. The van der Waals surface area contributed by atoms with Crippen LogP contribution in [0.25, 0.3) is 0 Å². The van der Waals surface area contributed by atoms with Crippen LogP contribution >= 0.6 is 0 Å². The van der Waals surface area contributed by atoms with E-state index in [0.717, 1.165) is 4.90 Å². The van der Waals surface area contributed by atoms with Crippen molar-refractivity contribution in [1.82, 2.24) is 24.5 Å². The molecule has 16 nitrogen and oxygen atoms in total. The van der Waals surface area contributed by atoms with E-state index in [9.17, 15) is 44.1 Å². The molecule has 1 aliphatic heterocycles. The van der Waals surface area contributed by atoms with E-state index in [0.29, 0.717) is 0 Å². The maximum atomic E-state index is 13.0. The second-order valence-corrected chi connectivity index (χ2v) is 8.32. The molecule has 1 aliphatic rings. The highest BCUT2D eigenvalue weighted by molar-refractivity contribution is 5.80. The highest BCUT2D eigenvalue weighted by atomic mass is 16.4. The van der Waals surface area contributed by atoms with Gasteiger partial charge >= 0.3 is 29.8 Å². The number of carboxylic acids is 5. The van der Waals surface area contributed by atoms with Crippen LogP contribution in [0.1, 0.15) is 0 Å². The van der Waals surface area contributed by atoms with Crippen molar-refractivity contribution in [2.24, 2.45) is 0 Å². The highest BCUT2D eigenvalue weighted by Crippen LogP contribution is 2.03.